The SMILES string of the molecule is CC(C)(C)C(=O)Nc1ccc(Br)cc1N. The van der Waals surface area contributed by atoms with Gasteiger partial charge >= 0.3 is 0 Å². The predicted octanol–water partition coefficient (Wildman–Crippen LogP) is 3.02. The number of nitrogens with two attached hydrogens (primary N) is 1. The van der Waals surface area contributed by atoms with Crippen LogP contribution < -0.4 is 11.1 Å². The fraction of sp³-hybridized carbons (Fsp3) is 0.364. The molecule has 1 aromatic rings. The average molecular weight is 271 g/mol. The molecular weight excluding hydrogens is 256 g/mol. The van der Waals surface area contributed by atoms with Crippen LogP contribution in [0.5, 0.6) is 0 Å². The van der Waals surface area contributed by atoms with E-state index >= 15 is 0 Å². The van der Waals surface area contributed by atoms with Gasteiger partial charge in [-0.3, -0.25) is 4.79 Å². The quantitative estimate of drug-likeness (QED) is 0.771. The van der Waals surface area contributed by atoms with Crippen LogP contribution in [0, 0.1) is 5.41 Å². The summed E-state index contributed by atoms with van der Waals surface area (Å²) in [7, 11) is 0. The van der Waals surface area contributed by atoms with Gasteiger partial charge in [-0.15, -0.1) is 0 Å². The van der Waals surface area contributed by atoms with Crippen molar-refractivity contribution >= 4 is 33.2 Å². The molecule has 4 heteroatoms. The zero-order valence-electron chi connectivity index (χ0n) is 9.10. The summed E-state index contributed by atoms with van der Waals surface area (Å²) < 4.78 is 0.897. The fourth-order valence-corrected chi connectivity index (χ4v) is 1.34. The molecule has 0 atom stereocenters. The molecule has 0 aliphatic heterocycles. The molecule has 15 heavy (non-hydrogen) atoms. The van der Waals surface area contributed by atoms with Crippen LogP contribution >= 0.6 is 15.9 Å². The molecule has 0 aromatic heterocycles. The molecular formula is C11H15BrN2O. The maximum absolute atomic E-state index is 11.7. The molecule has 0 spiro atoms. The van der Waals surface area contributed by atoms with Crippen LogP contribution in [0.3, 0.4) is 0 Å². The van der Waals surface area contributed by atoms with Gasteiger partial charge in [0, 0.05) is 9.89 Å². The van der Waals surface area contributed by atoms with E-state index in [1.807, 2.05) is 26.8 Å². The third kappa shape index (κ3) is 3.23. The number of amides is 1. The minimum absolute atomic E-state index is 0.0449. The first-order valence-corrected chi connectivity index (χ1v) is 5.46. The number of hydrogen-bond acceptors (Lipinski definition) is 2. The second kappa shape index (κ2) is 4.23. The maximum atomic E-state index is 11.7. The Morgan fingerprint density at radius 2 is 2.00 bits per heavy atom. The molecule has 0 aliphatic rings. The Labute approximate surface area is 98.2 Å². The molecule has 0 saturated carbocycles. The van der Waals surface area contributed by atoms with E-state index in [0.717, 1.165) is 4.47 Å². The number of carbonyl (C=O) groups excluding carboxylic acids is 1. The Morgan fingerprint density at radius 3 is 2.47 bits per heavy atom. The number of rotatable bonds is 1. The Morgan fingerprint density at radius 1 is 1.40 bits per heavy atom. The number of nitrogens with one attached hydrogen (secondary N) is 1. The number of benzene rings is 1. The third-order valence-corrected chi connectivity index (χ3v) is 2.44. The summed E-state index contributed by atoms with van der Waals surface area (Å²) in [6, 6.07) is 5.38. The minimum atomic E-state index is -0.417. The third-order valence-electron chi connectivity index (χ3n) is 1.94. The molecule has 0 saturated heterocycles. The summed E-state index contributed by atoms with van der Waals surface area (Å²) in [6.45, 7) is 5.58. The Balaban J connectivity index is 2.87. The molecule has 1 aromatic carbocycles. The minimum Gasteiger partial charge on any atom is -0.397 e. The molecule has 0 radical (unpaired) electrons. The molecule has 0 fully saturated rings. The molecule has 0 bridgehead atoms. The lowest BCUT2D eigenvalue weighted by atomic mass is 9.95. The molecule has 0 heterocycles. The summed E-state index contributed by atoms with van der Waals surface area (Å²) in [4.78, 5) is 11.7. The van der Waals surface area contributed by atoms with Gasteiger partial charge in [0.15, 0.2) is 0 Å². The lowest BCUT2D eigenvalue weighted by Crippen LogP contribution is -2.27. The predicted molar refractivity (Wildman–Crippen MR) is 66.6 cm³/mol. The molecule has 3 N–H and O–H groups in total. The summed E-state index contributed by atoms with van der Waals surface area (Å²) in [5, 5.41) is 2.79. The normalized spacial score (nSPS) is 11.2. The lowest BCUT2D eigenvalue weighted by Gasteiger charge is -2.18. The topological polar surface area (TPSA) is 55.1 Å². The van der Waals surface area contributed by atoms with Gasteiger partial charge in [0.25, 0.3) is 0 Å². The fourth-order valence-electron chi connectivity index (χ4n) is 0.957. The molecule has 82 valence electrons. The summed E-state index contributed by atoms with van der Waals surface area (Å²) in [5.74, 6) is -0.0449. The van der Waals surface area contributed by atoms with E-state index in [9.17, 15) is 4.79 Å². The van der Waals surface area contributed by atoms with E-state index in [1.165, 1.54) is 0 Å². The first-order chi connectivity index (χ1) is 6.80. The molecule has 0 unspecified atom stereocenters. The van der Waals surface area contributed by atoms with Crippen molar-refractivity contribution < 1.29 is 4.79 Å². The van der Waals surface area contributed by atoms with Crippen molar-refractivity contribution in [1.29, 1.82) is 0 Å². The highest BCUT2D eigenvalue weighted by molar-refractivity contribution is 9.10. The van der Waals surface area contributed by atoms with E-state index in [2.05, 4.69) is 21.2 Å². The van der Waals surface area contributed by atoms with Crippen molar-refractivity contribution in [3.05, 3.63) is 22.7 Å². The maximum Gasteiger partial charge on any atom is 0.229 e. The second-order valence-corrected chi connectivity index (χ2v) is 5.35. The van der Waals surface area contributed by atoms with Gasteiger partial charge in [-0.1, -0.05) is 36.7 Å². The summed E-state index contributed by atoms with van der Waals surface area (Å²) >= 11 is 3.31. The van der Waals surface area contributed by atoms with Crippen LogP contribution in [-0.4, -0.2) is 5.91 Å². The number of anilines is 2. The number of carbonyl (C=O) groups is 1. The van der Waals surface area contributed by atoms with Crippen LogP contribution in [0.25, 0.3) is 0 Å². The molecule has 1 rings (SSSR count). The van der Waals surface area contributed by atoms with E-state index in [-0.39, 0.29) is 5.91 Å². The van der Waals surface area contributed by atoms with Gasteiger partial charge < -0.3 is 11.1 Å². The van der Waals surface area contributed by atoms with E-state index in [0.29, 0.717) is 11.4 Å². The van der Waals surface area contributed by atoms with Crippen molar-refractivity contribution in [2.24, 2.45) is 5.41 Å². The number of halogens is 1. The van der Waals surface area contributed by atoms with Crippen molar-refractivity contribution in [1.82, 2.24) is 0 Å². The highest BCUT2D eigenvalue weighted by atomic mass is 79.9. The highest BCUT2D eigenvalue weighted by Gasteiger charge is 2.21. The Kier molecular flexibility index (Phi) is 3.39. The van der Waals surface area contributed by atoms with E-state index in [4.69, 9.17) is 5.73 Å². The number of hydrogen-bond donors (Lipinski definition) is 2. The largest absolute Gasteiger partial charge is 0.397 e. The van der Waals surface area contributed by atoms with Crippen molar-refractivity contribution in [3.8, 4) is 0 Å². The zero-order chi connectivity index (χ0) is 11.6. The van der Waals surface area contributed by atoms with Crippen LogP contribution in [-0.2, 0) is 4.79 Å². The Hall–Kier alpha value is -1.03. The standard InChI is InChI=1S/C11H15BrN2O/c1-11(2,3)10(15)14-9-5-4-7(12)6-8(9)13/h4-6H,13H2,1-3H3,(H,14,15). The van der Waals surface area contributed by atoms with Gasteiger partial charge in [0.05, 0.1) is 11.4 Å². The van der Waals surface area contributed by atoms with E-state index < -0.39 is 5.41 Å². The van der Waals surface area contributed by atoms with Gasteiger partial charge in [-0.2, -0.15) is 0 Å². The van der Waals surface area contributed by atoms with Crippen molar-refractivity contribution in [3.63, 3.8) is 0 Å². The second-order valence-electron chi connectivity index (χ2n) is 4.44. The van der Waals surface area contributed by atoms with Gasteiger partial charge in [-0.05, 0) is 18.2 Å². The molecule has 3 nitrogen and oxygen atoms in total. The summed E-state index contributed by atoms with van der Waals surface area (Å²) in [6.07, 6.45) is 0. The van der Waals surface area contributed by atoms with Crippen molar-refractivity contribution in [2.75, 3.05) is 11.1 Å². The van der Waals surface area contributed by atoms with Crippen molar-refractivity contribution in [2.45, 2.75) is 20.8 Å². The summed E-state index contributed by atoms with van der Waals surface area (Å²) in [5.41, 5.74) is 6.56. The van der Waals surface area contributed by atoms with Gasteiger partial charge in [-0.25, -0.2) is 0 Å². The molecule has 0 aliphatic carbocycles. The monoisotopic (exact) mass is 270 g/mol. The van der Waals surface area contributed by atoms with Crippen LogP contribution in [0.4, 0.5) is 11.4 Å². The van der Waals surface area contributed by atoms with Crippen LogP contribution in [0.15, 0.2) is 22.7 Å². The highest BCUT2D eigenvalue weighted by Crippen LogP contribution is 2.25. The average Bonchev–Trinajstić information content (AvgIpc) is 2.08. The van der Waals surface area contributed by atoms with Crippen LogP contribution in [0.1, 0.15) is 20.8 Å². The lowest BCUT2D eigenvalue weighted by molar-refractivity contribution is -0.123. The van der Waals surface area contributed by atoms with Gasteiger partial charge in [0.2, 0.25) is 5.91 Å². The number of nitrogen functional groups attached to an aromatic ring is 1. The first-order valence-electron chi connectivity index (χ1n) is 4.67. The zero-order valence-corrected chi connectivity index (χ0v) is 10.7. The van der Waals surface area contributed by atoms with Crippen LogP contribution in [0.2, 0.25) is 0 Å². The Bertz CT molecular complexity index is 383. The first kappa shape index (κ1) is 12.0. The van der Waals surface area contributed by atoms with Gasteiger partial charge in [0.1, 0.15) is 0 Å². The van der Waals surface area contributed by atoms with E-state index in [1.54, 1.807) is 12.1 Å². The smallest absolute Gasteiger partial charge is 0.229 e. The molecule has 1 amide bonds.